The molecule has 2 atom stereocenters. The van der Waals surface area contributed by atoms with Gasteiger partial charge < -0.3 is 10.4 Å². The highest BCUT2D eigenvalue weighted by Crippen LogP contribution is 2.17. The summed E-state index contributed by atoms with van der Waals surface area (Å²) in [6.07, 6.45) is 0.746. The normalized spacial score (nSPS) is 13.9. The second-order valence-electron chi connectivity index (χ2n) is 5.47. The molecule has 2 aromatic carbocycles. The minimum Gasteiger partial charge on any atom is -0.395 e. The van der Waals surface area contributed by atoms with Crippen LogP contribution in [0.1, 0.15) is 29.7 Å². The van der Waals surface area contributed by atoms with Gasteiger partial charge in [0.05, 0.1) is 6.61 Å². The third-order valence-electron chi connectivity index (χ3n) is 3.73. The van der Waals surface area contributed by atoms with Crippen LogP contribution in [0.25, 0.3) is 0 Å². The van der Waals surface area contributed by atoms with Crippen molar-refractivity contribution >= 4 is 0 Å². The lowest BCUT2D eigenvalue weighted by atomic mass is 10.0. The van der Waals surface area contributed by atoms with Crippen molar-refractivity contribution in [2.24, 2.45) is 0 Å². The smallest absolute Gasteiger partial charge is 0.126 e. The standard InChI is InChI=1S/C18H22FNO/c1-13-8-9-16(11-18(13)19)14(2)20-17(12-21)10-15-6-4-3-5-7-15/h3-9,11,14,17,20-21H,10,12H2,1-2H3. The molecule has 0 saturated heterocycles. The van der Waals surface area contributed by atoms with Gasteiger partial charge in [-0.05, 0) is 43.0 Å². The second kappa shape index (κ2) is 7.34. The van der Waals surface area contributed by atoms with Gasteiger partial charge in [0.15, 0.2) is 0 Å². The zero-order chi connectivity index (χ0) is 15.2. The van der Waals surface area contributed by atoms with Gasteiger partial charge in [0, 0.05) is 12.1 Å². The number of hydrogen-bond donors (Lipinski definition) is 2. The summed E-state index contributed by atoms with van der Waals surface area (Å²) in [7, 11) is 0. The minimum atomic E-state index is -0.190. The first kappa shape index (κ1) is 15.7. The average Bonchev–Trinajstić information content (AvgIpc) is 2.50. The van der Waals surface area contributed by atoms with Gasteiger partial charge in [-0.15, -0.1) is 0 Å². The summed E-state index contributed by atoms with van der Waals surface area (Å²) in [6, 6.07) is 15.2. The maximum atomic E-state index is 13.6. The monoisotopic (exact) mass is 287 g/mol. The second-order valence-corrected chi connectivity index (χ2v) is 5.47. The van der Waals surface area contributed by atoms with Gasteiger partial charge in [0.1, 0.15) is 5.82 Å². The fraction of sp³-hybridized carbons (Fsp3) is 0.333. The summed E-state index contributed by atoms with van der Waals surface area (Å²) in [5.41, 5.74) is 2.71. The van der Waals surface area contributed by atoms with Crippen LogP contribution in [-0.2, 0) is 6.42 Å². The molecule has 2 unspecified atom stereocenters. The number of aryl methyl sites for hydroxylation is 1. The zero-order valence-electron chi connectivity index (χ0n) is 12.5. The lowest BCUT2D eigenvalue weighted by molar-refractivity contribution is 0.232. The highest BCUT2D eigenvalue weighted by molar-refractivity contribution is 5.25. The Hall–Kier alpha value is -1.71. The van der Waals surface area contributed by atoms with Gasteiger partial charge in [-0.2, -0.15) is 0 Å². The molecule has 0 saturated carbocycles. The molecular weight excluding hydrogens is 265 g/mol. The minimum absolute atomic E-state index is 0.0130. The molecule has 112 valence electrons. The fourth-order valence-electron chi connectivity index (χ4n) is 2.40. The van der Waals surface area contributed by atoms with Crippen LogP contribution in [0.15, 0.2) is 48.5 Å². The third-order valence-corrected chi connectivity index (χ3v) is 3.73. The molecule has 2 nitrogen and oxygen atoms in total. The summed E-state index contributed by atoms with van der Waals surface area (Å²) >= 11 is 0. The fourth-order valence-corrected chi connectivity index (χ4v) is 2.40. The van der Waals surface area contributed by atoms with Crippen molar-refractivity contribution in [3.8, 4) is 0 Å². The van der Waals surface area contributed by atoms with E-state index in [1.807, 2.05) is 43.3 Å². The zero-order valence-corrected chi connectivity index (χ0v) is 12.5. The molecule has 3 heteroatoms. The molecule has 0 bridgehead atoms. The van der Waals surface area contributed by atoms with Gasteiger partial charge in [0.2, 0.25) is 0 Å². The molecule has 21 heavy (non-hydrogen) atoms. The summed E-state index contributed by atoms with van der Waals surface area (Å²) in [5.74, 6) is -0.190. The molecule has 0 aliphatic carbocycles. The van der Waals surface area contributed by atoms with E-state index in [1.165, 1.54) is 5.56 Å². The van der Waals surface area contributed by atoms with E-state index >= 15 is 0 Å². The topological polar surface area (TPSA) is 32.3 Å². The Morgan fingerprint density at radius 2 is 1.86 bits per heavy atom. The van der Waals surface area contributed by atoms with E-state index in [-0.39, 0.29) is 24.5 Å². The van der Waals surface area contributed by atoms with Gasteiger partial charge >= 0.3 is 0 Å². The van der Waals surface area contributed by atoms with E-state index in [0.717, 1.165) is 12.0 Å². The molecule has 2 aromatic rings. The van der Waals surface area contributed by atoms with E-state index in [0.29, 0.717) is 5.56 Å². The van der Waals surface area contributed by atoms with Crippen molar-refractivity contribution in [2.45, 2.75) is 32.4 Å². The van der Waals surface area contributed by atoms with E-state index in [2.05, 4.69) is 5.32 Å². The van der Waals surface area contributed by atoms with Crippen molar-refractivity contribution in [3.63, 3.8) is 0 Å². The van der Waals surface area contributed by atoms with Crippen LogP contribution in [0.5, 0.6) is 0 Å². The third kappa shape index (κ3) is 4.38. The number of aliphatic hydroxyl groups is 1. The predicted octanol–water partition coefficient (Wildman–Crippen LogP) is 3.39. The van der Waals surface area contributed by atoms with E-state index in [1.54, 1.807) is 19.1 Å². The number of nitrogens with one attached hydrogen (secondary N) is 1. The summed E-state index contributed by atoms with van der Waals surface area (Å²) in [5, 5.41) is 12.9. The maximum absolute atomic E-state index is 13.6. The highest BCUT2D eigenvalue weighted by Gasteiger charge is 2.14. The summed E-state index contributed by atoms with van der Waals surface area (Å²) < 4.78 is 13.6. The van der Waals surface area contributed by atoms with Gasteiger partial charge in [-0.1, -0.05) is 42.5 Å². The Kier molecular flexibility index (Phi) is 5.48. The molecule has 0 amide bonds. The number of halogens is 1. The van der Waals surface area contributed by atoms with Crippen LogP contribution in [0.4, 0.5) is 4.39 Å². The van der Waals surface area contributed by atoms with Crippen molar-refractivity contribution in [1.82, 2.24) is 5.32 Å². The van der Waals surface area contributed by atoms with Crippen LogP contribution in [0, 0.1) is 12.7 Å². The SMILES string of the molecule is Cc1ccc(C(C)NC(CO)Cc2ccccc2)cc1F. The Morgan fingerprint density at radius 1 is 1.14 bits per heavy atom. The molecule has 0 heterocycles. The average molecular weight is 287 g/mol. The van der Waals surface area contributed by atoms with Crippen LogP contribution >= 0.6 is 0 Å². The Balaban J connectivity index is 2.02. The van der Waals surface area contributed by atoms with Crippen molar-refractivity contribution < 1.29 is 9.50 Å². The quantitative estimate of drug-likeness (QED) is 0.853. The van der Waals surface area contributed by atoms with Crippen molar-refractivity contribution in [2.75, 3.05) is 6.61 Å². The number of rotatable bonds is 6. The van der Waals surface area contributed by atoms with Crippen molar-refractivity contribution in [3.05, 3.63) is 71.0 Å². The van der Waals surface area contributed by atoms with Crippen LogP contribution in [0.2, 0.25) is 0 Å². The number of aliphatic hydroxyl groups excluding tert-OH is 1. The predicted molar refractivity (Wildman–Crippen MR) is 83.7 cm³/mol. The molecular formula is C18H22FNO. The lowest BCUT2D eigenvalue weighted by Gasteiger charge is -2.22. The highest BCUT2D eigenvalue weighted by atomic mass is 19.1. The number of benzene rings is 2. The Bertz CT molecular complexity index is 571. The van der Waals surface area contributed by atoms with Crippen LogP contribution in [-0.4, -0.2) is 17.8 Å². The summed E-state index contributed by atoms with van der Waals surface area (Å²) in [4.78, 5) is 0. The molecule has 0 aliphatic rings. The molecule has 0 fully saturated rings. The first-order valence-electron chi connectivity index (χ1n) is 7.27. The lowest BCUT2D eigenvalue weighted by Crippen LogP contribution is -2.36. The molecule has 0 spiro atoms. The van der Waals surface area contributed by atoms with Crippen molar-refractivity contribution in [1.29, 1.82) is 0 Å². The van der Waals surface area contributed by atoms with E-state index < -0.39 is 0 Å². The molecule has 0 aromatic heterocycles. The Labute approximate surface area is 125 Å². The first-order chi connectivity index (χ1) is 10.1. The first-order valence-corrected chi connectivity index (χ1v) is 7.27. The maximum Gasteiger partial charge on any atom is 0.126 e. The summed E-state index contributed by atoms with van der Waals surface area (Å²) in [6.45, 7) is 3.79. The number of hydrogen-bond acceptors (Lipinski definition) is 2. The van der Waals surface area contributed by atoms with Gasteiger partial charge in [0.25, 0.3) is 0 Å². The molecule has 0 radical (unpaired) electrons. The molecule has 0 aliphatic heterocycles. The van der Waals surface area contributed by atoms with Crippen LogP contribution < -0.4 is 5.32 Å². The van der Waals surface area contributed by atoms with E-state index in [9.17, 15) is 9.50 Å². The van der Waals surface area contributed by atoms with E-state index in [4.69, 9.17) is 0 Å². The van der Waals surface area contributed by atoms with Gasteiger partial charge in [-0.3, -0.25) is 0 Å². The van der Waals surface area contributed by atoms with Gasteiger partial charge in [-0.25, -0.2) is 4.39 Å². The van der Waals surface area contributed by atoms with Crippen LogP contribution in [0.3, 0.4) is 0 Å². The molecule has 2 rings (SSSR count). The molecule has 2 N–H and O–H groups in total. The Morgan fingerprint density at radius 3 is 2.48 bits per heavy atom. The largest absolute Gasteiger partial charge is 0.395 e.